The second kappa shape index (κ2) is 5.64. The molecule has 4 nitrogen and oxygen atoms in total. The average Bonchev–Trinajstić information content (AvgIpc) is 2.19. The molecular formula is C9H14N2O2. The van der Waals surface area contributed by atoms with Crippen molar-refractivity contribution < 1.29 is 10.2 Å². The van der Waals surface area contributed by atoms with E-state index in [1.807, 2.05) is 12.1 Å². The number of aromatic nitrogens is 1. The lowest BCUT2D eigenvalue weighted by Gasteiger charge is -2.08. The van der Waals surface area contributed by atoms with Crippen molar-refractivity contribution in [3.8, 4) is 0 Å². The first-order chi connectivity index (χ1) is 6.33. The third-order valence-electron chi connectivity index (χ3n) is 1.67. The van der Waals surface area contributed by atoms with Gasteiger partial charge in [-0.1, -0.05) is 0 Å². The van der Waals surface area contributed by atoms with E-state index in [-0.39, 0.29) is 6.61 Å². The van der Waals surface area contributed by atoms with Gasteiger partial charge in [-0.2, -0.15) is 0 Å². The summed E-state index contributed by atoms with van der Waals surface area (Å²) < 4.78 is 0. The summed E-state index contributed by atoms with van der Waals surface area (Å²) in [5, 5.41) is 20.6. The fraction of sp³-hybridized carbons (Fsp3) is 0.444. The summed E-state index contributed by atoms with van der Waals surface area (Å²) in [5.74, 6) is 0. The van der Waals surface area contributed by atoms with Gasteiger partial charge in [0.1, 0.15) is 0 Å². The predicted molar refractivity (Wildman–Crippen MR) is 49.0 cm³/mol. The summed E-state index contributed by atoms with van der Waals surface area (Å²) in [6.45, 7) is 0.877. The zero-order valence-electron chi connectivity index (χ0n) is 7.35. The Morgan fingerprint density at radius 1 is 1.38 bits per heavy atom. The minimum Gasteiger partial charge on any atom is -0.394 e. The van der Waals surface area contributed by atoms with E-state index < -0.39 is 6.10 Å². The maximum Gasteiger partial charge on any atom is 0.0895 e. The molecule has 0 aromatic carbocycles. The van der Waals surface area contributed by atoms with Crippen molar-refractivity contribution in [3.05, 3.63) is 30.1 Å². The Balaban J connectivity index is 2.20. The van der Waals surface area contributed by atoms with Crippen LogP contribution >= 0.6 is 0 Å². The van der Waals surface area contributed by atoms with Gasteiger partial charge in [-0.15, -0.1) is 0 Å². The number of aliphatic hydroxyl groups is 2. The van der Waals surface area contributed by atoms with Gasteiger partial charge in [-0.25, -0.2) is 0 Å². The maximum atomic E-state index is 9.01. The van der Waals surface area contributed by atoms with Crippen LogP contribution in [0.25, 0.3) is 0 Å². The summed E-state index contributed by atoms with van der Waals surface area (Å²) in [5.41, 5.74) is 1.11. The van der Waals surface area contributed by atoms with Gasteiger partial charge in [0.2, 0.25) is 0 Å². The molecule has 0 saturated carbocycles. The summed E-state index contributed by atoms with van der Waals surface area (Å²) in [6, 6.07) is 3.80. The molecule has 1 unspecified atom stereocenters. The van der Waals surface area contributed by atoms with Crippen LogP contribution in [0.15, 0.2) is 24.5 Å². The van der Waals surface area contributed by atoms with Crippen molar-refractivity contribution in [3.63, 3.8) is 0 Å². The molecule has 13 heavy (non-hydrogen) atoms. The van der Waals surface area contributed by atoms with Crippen LogP contribution in [0, 0.1) is 0 Å². The van der Waals surface area contributed by atoms with Gasteiger partial charge >= 0.3 is 0 Å². The number of hydrogen-bond donors (Lipinski definition) is 3. The third-order valence-corrected chi connectivity index (χ3v) is 1.67. The van der Waals surface area contributed by atoms with Crippen LogP contribution in [0.4, 0.5) is 0 Å². The van der Waals surface area contributed by atoms with Crippen LogP contribution < -0.4 is 5.32 Å². The van der Waals surface area contributed by atoms with Crippen molar-refractivity contribution >= 4 is 0 Å². The summed E-state index contributed by atoms with van der Waals surface area (Å²) >= 11 is 0. The summed E-state index contributed by atoms with van der Waals surface area (Å²) in [4.78, 5) is 3.89. The highest BCUT2D eigenvalue weighted by molar-refractivity contribution is 5.08. The van der Waals surface area contributed by atoms with E-state index in [1.165, 1.54) is 0 Å². The van der Waals surface area contributed by atoms with Crippen molar-refractivity contribution in [1.82, 2.24) is 10.3 Å². The summed E-state index contributed by atoms with van der Waals surface area (Å²) in [6.07, 6.45) is 2.76. The highest BCUT2D eigenvalue weighted by Gasteiger charge is 1.99. The number of nitrogens with one attached hydrogen (secondary N) is 1. The lowest BCUT2D eigenvalue weighted by molar-refractivity contribution is 0.0942. The molecule has 1 heterocycles. The Labute approximate surface area is 77.2 Å². The van der Waals surface area contributed by atoms with E-state index in [2.05, 4.69) is 10.3 Å². The maximum absolute atomic E-state index is 9.01. The number of rotatable bonds is 5. The molecule has 72 valence electrons. The van der Waals surface area contributed by atoms with E-state index in [0.29, 0.717) is 13.1 Å². The van der Waals surface area contributed by atoms with Crippen LogP contribution in [0.2, 0.25) is 0 Å². The van der Waals surface area contributed by atoms with Gasteiger partial charge in [-0.3, -0.25) is 4.98 Å². The number of pyridine rings is 1. The van der Waals surface area contributed by atoms with E-state index >= 15 is 0 Å². The fourth-order valence-electron chi connectivity index (χ4n) is 0.948. The van der Waals surface area contributed by atoms with Gasteiger partial charge in [0.25, 0.3) is 0 Å². The zero-order valence-corrected chi connectivity index (χ0v) is 7.35. The minimum absolute atomic E-state index is 0.205. The zero-order chi connectivity index (χ0) is 9.52. The quantitative estimate of drug-likeness (QED) is 0.575. The van der Waals surface area contributed by atoms with E-state index in [0.717, 1.165) is 5.56 Å². The topological polar surface area (TPSA) is 65.4 Å². The first-order valence-corrected chi connectivity index (χ1v) is 4.21. The van der Waals surface area contributed by atoms with Gasteiger partial charge in [-0.05, 0) is 17.7 Å². The minimum atomic E-state index is -0.679. The van der Waals surface area contributed by atoms with Crippen molar-refractivity contribution in [2.75, 3.05) is 13.2 Å². The van der Waals surface area contributed by atoms with E-state index in [9.17, 15) is 0 Å². The van der Waals surface area contributed by atoms with Crippen molar-refractivity contribution in [1.29, 1.82) is 0 Å². The molecule has 1 rings (SSSR count). The third kappa shape index (κ3) is 3.98. The van der Waals surface area contributed by atoms with Crippen molar-refractivity contribution in [2.24, 2.45) is 0 Å². The molecule has 0 spiro atoms. The Kier molecular flexibility index (Phi) is 4.39. The molecule has 0 aliphatic rings. The molecule has 0 saturated heterocycles. The van der Waals surface area contributed by atoms with E-state index in [4.69, 9.17) is 10.2 Å². The highest BCUT2D eigenvalue weighted by atomic mass is 16.3. The molecule has 0 aliphatic carbocycles. The molecule has 0 radical (unpaired) electrons. The van der Waals surface area contributed by atoms with Crippen molar-refractivity contribution in [2.45, 2.75) is 12.6 Å². The molecule has 1 atom stereocenters. The molecule has 3 N–H and O–H groups in total. The smallest absolute Gasteiger partial charge is 0.0895 e. The normalized spacial score (nSPS) is 12.8. The average molecular weight is 182 g/mol. The summed E-state index contributed by atoms with van der Waals surface area (Å²) in [7, 11) is 0. The van der Waals surface area contributed by atoms with Gasteiger partial charge in [0, 0.05) is 25.5 Å². The SMILES string of the molecule is OCC(O)CNCc1ccncc1. The molecule has 4 heteroatoms. The van der Waals surface area contributed by atoms with Gasteiger partial charge in [0.15, 0.2) is 0 Å². The first kappa shape index (κ1) is 10.1. The Hall–Kier alpha value is -0.970. The molecule has 1 aromatic heterocycles. The molecule has 0 bridgehead atoms. The Morgan fingerprint density at radius 2 is 2.08 bits per heavy atom. The fourth-order valence-corrected chi connectivity index (χ4v) is 0.948. The Morgan fingerprint density at radius 3 is 2.69 bits per heavy atom. The van der Waals surface area contributed by atoms with Crippen LogP contribution in [-0.4, -0.2) is 34.5 Å². The van der Waals surface area contributed by atoms with Gasteiger partial charge < -0.3 is 15.5 Å². The van der Waals surface area contributed by atoms with Crippen LogP contribution in [0.3, 0.4) is 0 Å². The predicted octanol–water partition coefficient (Wildman–Crippen LogP) is -0.476. The molecule has 0 aliphatic heterocycles. The second-order valence-corrected chi connectivity index (χ2v) is 2.82. The standard InChI is InChI=1S/C9H14N2O2/c12-7-9(13)6-11-5-8-1-3-10-4-2-8/h1-4,9,11-13H,5-7H2. The van der Waals surface area contributed by atoms with Crippen LogP contribution in [-0.2, 0) is 6.54 Å². The van der Waals surface area contributed by atoms with Crippen LogP contribution in [0.1, 0.15) is 5.56 Å². The lowest BCUT2D eigenvalue weighted by Crippen LogP contribution is -2.28. The number of aliphatic hydroxyl groups excluding tert-OH is 2. The first-order valence-electron chi connectivity index (χ1n) is 4.21. The Bertz CT molecular complexity index is 228. The largest absolute Gasteiger partial charge is 0.394 e. The molecule has 1 aromatic rings. The monoisotopic (exact) mass is 182 g/mol. The molecule has 0 fully saturated rings. The van der Waals surface area contributed by atoms with Gasteiger partial charge in [0.05, 0.1) is 12.7 Å². The number of nitrogens with zero attached hydrogens (tertiary/aromatic N) is 1. The van der Waals surface area contributed by atoms with E-state index in [1.54, 1.807) is 12.4 Å². The van der Waals surface area contributed by atoms with Crippen LogP contribution in [0.5, 0.6) is 0 Å². The number of hydrogen-bond acceptors (Lipinski definition) is 4. The second-order valence-electron chi connectivity index (χ2n) is 2.82. The lowest BCUT2D eigenvalue weighted by atomic mass is 10.2. The molecular weight excluding hydrogens is 168 g/mol. The molecule has 0 amide bonds. The highest BCUT2D eigenvalue weighted by Crippen LogP contribution is 1.94.